The summed E-state index contributed by atoms with van der Waals surface area (Å²) in [5.74, 6) is 0.0680. The molecule has 0 saturated carbocycles. The first-order valence-corrected chi connectivity index (χ1v) is 12.4. The third-order valence-corrected chi connectivity index (χ3v) is 6.33. The highest BCUT2D eigenvalue weighted by atomic mass is 19.1. The van der Waals surface area contributed by atoms with Gasteiger partial charge in [0.25, 0.3) is 5.56 Å². The summed E-state index contributed by atoms with van der Waals surface area (Å²) in [5, 5.41) is 0.415. The average molecular weight is 466 g/mol. The van der Waals surface area contributed by atoms with E-state index in [1.54, 1.807) is 36.4 Å². The van der Waals surface area contributed by atoms with Gasteiger partial charge in [0.2, 0.25) is 5.91 Å². The van der Waals surface area contributed by atoms with Gasteiger partial charge in [-0.15, -0.1) is 0 Å². The fourth-order valence-corrected chi connectivity index (χ4v) is 4.45. The molecular formula is C28H36FN3O2. The van der Waals surface area contributed by atoms with Gasteiger partial charge in [-0.2, -0.15) is 0 Å². The van der Waals surface area contributed by atoms with Crippen molar-refractivity contribution in [1.82, 2.24) is 14.5 Å². The second-order valence-corrected chi connectivity index (χ2v) is 9.39. The second kappa shape index (κ2) is 11.4. The maximum Gasteiger partial charge on any atom is 0.266 e. The number of benzene rings is 2. The fraction of sp³-hybridized carbons (Fsp3) is 0.464. The van der Waals surface area contributed by atoms with Gasteiger partial charge in [0.1, 0.15) is 11.6 Å². The minimum absolute atomic E-state index is 0.0691. The monoisotopic (exact) mass is 465 g/mol. The molecule has 0 aliphatic rings. The van der Waals surface area contributed by atoms with E-state index in [2.05, 4.69) is 20.8 Å². The Morgan fingerprint density at radius 1 is 1.06 bits per heavy atom. The zero-order valence-corrected chi connectivity index (χ0v) is 20.9. The molecular weight excluding hydrogens is 429 g/mol. The highest BCUT2D eigenvalue weighted by Gasteiger charge is 2.31. The molecule has 6 heteroatoms. The van der Waals surface area contributed by atoms with Crippen LogP contribution in [-0.2, 0) is 4.79 Å². The van der Waals surface area contributed by atoms with Crippen molar-refractivity contribution in [2.24, 2.45) is 11.8 Å². The number of carbonyl (C=O) groups excluding carboxylic acids is 1. The van der Waals surface area contributed by atoms with Gasteiger partial charge in [-0.05, 0) is 49.9 Å². The van der Waals surface area contributed by atoms with Crippen LogP contribution in [0.1, 0.15) is 72.2 Å². The third kappa shape index (κ3) is 5.37. The summed E-state index contributed by atoms with van der Waals surface area (Å²) in [6, 6.07) is 12.8. The van der Waals surface area contributed by atoms with Crippen LogP contribution in [-0.4, -0.2) is 26.9 Å². The predicted molar refractivity (Wildman–Crippen MR) is 136 cm³/mol. The number of para-hydroxylation sites is 2. The van der Waals surface area contributed by atoms with E-state index in [1.165, 1.54) is 10.6 Å². The van der Waals surface area contributed by atoms with Crippen molar-refractivity contribution in [2.45, 2.75) is 66.3 Å². The molecule has 3 rings (SSSR count). The molecule has 0 bridgehead atoms. The summed E-state index contributed by atoms with van der Waals surface area (Å²) < 4.78 is 16.3. The van der Waals surface area contributed by atoms with Gasteiger partial charge >= 0.3 is 0 Å². The van der Waals surface area contributed by atoms with Crippen LogP contribution < -0.4 is 5.56 Å². The Hall–Kier alpha value is -3.02. The molecule has 0 saturated heterocycles. The molecule has 2 aromatic carbocycles. The Morgan fingerprint density at radius 3 is 2.38 bits per heavy atom. The van der Waals surface area contributed by atoms with E-state index in [0.717, 1.165) is 25.7 Å². The fourth-order valence-electron chi connectivity index (χ4n) is 4.45. The van der Waals surface area contributed by atoms with Crippen LogP contribution in [0.3, 0.4) is 0 Å². The Labute approximate surface area is 201 Å². The van der Waals surface area contributed by atoms with Crippen LogP contribution in [0, 0.1) is 17.7 Å². The second-order valence-electron chi connectivity index (χ2n) is 9.39. The van der Waals surface area contributed by atoms with E-state index >= 15 is 0 Å². The lowest BCUT2D eigenvalue weighted by atomic mass is 9.96. The Morgan fingerprint density at radius 2 is 1.74 bits per heavy atom. The molecule has 1 heterocycles. The van der Waals surface area contributed by atoms with Crippen molar-refractivity contribution < 1.29 is 9.18 Å². The number of hydrogen-bond acceptors (Lipinski definition) is 3. The number of aromatic nitrogens is 2. The summed E-state index contributed by atoms with van der Waals surface area (Å²) in [5.41, 5.74) is 0.340. The Bertz CT molecular complexity index is 1190. The summed E-state index contributed by atoms with van der Waals surface area (Å²) in [6.45, 7) is 10.7. The summed E-state index contributed by atoms with van der Waals surface area (Å²) in [4.78, 5) is 34.0. The number of hydrogen-bond donors (Lipinski definition) is 0. The number of unbranched alkanes of at least 4 members (excludes halogenated alkanes) is 1. The SMILES string of the molecule is CCCCC(CC)C(=O)N(CC(C)C)C(C)c1nc2ccccc2c(=O)n1-c1ccccc1F. The van der Waals surface area contributed by atoms with E-state index in [0.29, 0.717) is 23.3 Å². The molecule has 0 aliphatic carbocycles. The van der Waals surface area contributed by atoms with Crippen molar-refractivity contribution in [3.63, 3.8) is 0 Å². The minimum atomic E-state index is -0.512. The summed E-state index contributed by atoms with van der Waals surface area (Å²) in [7, 11) is 0. The third-order valence-electron chi connectivity index (χ3n) is 6.33. The lowest BCUT2D eigenvalue weighted by Crippen LogP contribution is -2.42. The van der Waals surface area contributed by atoms with Crippen LogP contribution >= 0.6 is 0 Å². The van der Waals surface area contributed by atoms with Crippen molar-refractivity contribution >= 4 is 16.8 Å². The molecule has 0 N–H and O–H groups in total. The molecule has 1 amide bonds. The zero-order chi connectivity index (χ0) is 24.8. The van der Waals surface area contributed by atoms with Crippen molar-refractivity contribution in [1.29, 1.82) is 0 Å². The highest BCUT2D eigenvalue weighted by molar-refractivity contribution is 5.80. The molecule has 0 aliphatic heterocycles. The van der Waals surface area contributed by atoms with Gasteiger partial charge < -0.3 is 4.90 Å². The molecule has 0 fully saturated rings. The highest BCUT2D eigenvalue weighted by Crippen LogP contribution is 2.28. The molecule has 3 aromatic rings. The molecule has 1 aromatic heterocycles. The first kappa shape index (κ1) is 25.6. The number of fused-ring (bicyclic) bond motifs is 1. The van der Waals surface area contributed by atoms with E-state index < -0.39 is 11.9 Å². The van der Waals surface area contributed by atoms with Crippen molar-refractivity contribution in [3.05, 3.63) is 70.5 Å². The Balaban J connectivity index is 2.21. The van der Waals surface area contributed by atoms with Crippen LogP contribution in [0.4, 0.5) is 4.39 Å². The van der Waals surface area contributed by atoms with E-state index in [1.807, 2.05) is 24.8 Å². The maximum absolute atomic E-state index is 14.9. The number of nitrogens with zero attached hydrogens (tertiary/aromatic N) is 3. The lowest BCUT2D eigenvalue weighted by Gasteiger charge is -2.34. The number of amides is 1. The largest absolute Gasteiger partial charge is 0.332 e. The lowest BCUT2D eigenvalue weighted by molar-refractivity contribution is -0.139. The van der Waals surface area contributed by atoms with Gasteiger partial charge in [0.05, 0.1) is 22.6 Å². The van der Waals surface area contributed by atoms with Crippen molar-refractivity contribution in [2.75, 3.05) is 6.54 Å². The molecule has 2 atom stereocenters. The normalized spacial score (nSPS) is 13.3. The summed E-state index contributed by atoms with van der Waals surface area (Å²) in [6.07, 6.45) is 3.61. The molecule has 0 radical (unpaired) electrons. The first-order valence-electron chi connectivity index (χ1n) is 12.4. The summed E-state index contributed by atoms with van der Waals surface area (Å²) >= 11 is 0. The van der Waals surface area contributed by atoms with Crippen LogP contribution in [0.25, 0.3) is 16.6 Å². The average Bonchev–Trinajstić information content (AvgIpc) is 2.83. The minimum Gasteiger partial charge on any atom is -0.332 e. The predicted octanol–water partition coefficient (Wildman–Crippen LogP) is 6.29. The molecule has 5 nitrogen and oxygen atoms in total. The smallest absolute Gasteiger partial charge is 0.266 e. The topological polar surface area (TPSA) is 55.2 Å². The zero-order valence-electron chi connectivity index (χ0n) is 20.9. The molecule has 0 spiro atoms. The van der Waals surface area contributed by atoms with Gasteiger partial charge in [0, 0.05) is 12.5 Å². The van der Waals surface area contributed by atoms with Gasteiger partial charge in [-0.25, -0.2) is 9.37 Å². The number of carbonyl (C=O) groups is 1. The van der Waals surface area contributed by atoms with Crippen LogP contribution in [0.5, 0.6) is 0 Å². The van der Waals surface area contributed by atoms with Gasteiger partial charge in [-0.3, -0.25) is 14.2 Å². The first-order chi connectivity index (χ1) is 16.3. The van der Waals surface area contributed by atoms with Gasteiger partial charge in [-0.1, -0.05) is 64.8 Å². The van der Waals surface area contributed by atoms with Crippen LogP contribution in [0.2, 0.25) is 0 Å². The molecule has 2 unspecified atom stereocenters. The quantitative estimate of drug-likeness (QED) is 0.354. The maximum atomic E-state index is 14.9. The number of rotatable bonds is 10. The van der Waals surface area contributed by atoms with E-state index in [9.17, 15) is 14.0 Å². The van der Waals surface area contributed by atoms with E-state index in [4.69, 9.17) is 4.98 Å². The molecule has 34 heavy (non-hydrogen) atoms. The van der Waals surface area contributed by atoms with E-state index in [-0.39, 0.29) is 29.0 Å². The van der Waals surface area contributed by atoms with Crippen molar-refractivity contribution in [3.8, 4) is 5.69 Å². The van der Waals surface area contributed by atoms with Crippen LogP contribution in [0.15, 0.2) is 53.3 Å². The van der Waals surface area contributed by atoms with Gasteiger partial charge in [0.15, 0.2) is 0 Å². The Kier molecular flexibility index (Phi) is 8.59. The standard InChI is InChI=1S/C28H36FN3O2/c1-6-8-13-21(7-2)27(33)31(18-19(3)4)20(5)26-30-24-16-11-9-14-22(24)28(34)32(26)25-17-12-10-15-23(25)29/h9-12,14-17,19-21H,6-8,13,18H2,1-5H3. The number of halogens is 1. The molecule has 182 valence electrons.